The van der Waals surface area contributed by atoms with Gasteiger partial charge in [0.05, 0.1) is 4.91 Å². The van der Waals surface area contributed by atoms with Crippen LogP contribution in [-0.4, -0.2) is 53.6 Å². The number of likely N-dealkylation sites (N-methyl/N-ethyl adjacent to an activating group) is 1. The van der Waals surface area contributed by atoms with E-state index in [1.807, 2.05) is 18.2 Å². The van der Waals surface area contributed by atoms with E-state index >= 15 is 0 Å². The number of amidine groups is 1. The molecule has 0 aliphatic carbocycles. The number of carbonyl (C=O) groups excluding carboxylic acids is 1. The van der Waals surface area contributed by atoms with Crippen molar-refractivity contribution in [3.05, 3.63) is 40.3 Å². The molecular formula is C17H22BrN3OS. The minimum atomic E-state index is -0.113. The molecule has 1 aromatic carbocycles. The normalized spacial score (nSPS) is 20.6. The number of aliphatic imine (C=N–C) groups is 1. The number of hydrogen-bond donors (Lipinski definition) is 0. The number of hydrogen-bond acceptors (Lipinski definition) is 4. The van der Waals surface area contributed by atoms with E-state index in [0.29, 0.717) is 0 Å². The SMILES string of the molecule is Br.CCN1CCN(C2=NC(=O)/C(=C/c3ccc(C)cc3)S2)CC1. The van der Waals surface area contributed by atoms with E-state index in [1.165, 1.54) is 17.3 Å². The first-order valence-corrected chi connectivity index (χ1v) is 8.54. The smallest absolute Gasteiger partial charge is 0.286 e. The molecule has 2 aliphatic heterocycles. The molecule has 3 rings (SSSR count). The lowest BCUT2D eigenvalue weighted by atomic mass is 10.1. The average molecular weight is 396 g/mol. The Morgan fingerprint density at radius 2 is 1.83 bits per heavy atom. The van der Waals surface area contributed by atoms with Crippen LogP contribution in [0.5, 0.6) is 0 Å². The van der Waals surface area contributed by atoms with Crippen LogP contribution in [0.4, 0.5) is 0 Å². The highest BCUT2D eigenvalue weighted by Gasteiger charge is 2.28. The fraction of sp³-hybridized carbons (Fsp3) is 0.412. The second-order valence-electron chi connectivity index (χ2n) is 5.64. The number of carbonyl (C=O) groups is 1. The Kier molecular flexibility index (Phi) is 6.44. The molecule has 1 saturated heterocycles. The van der Waals surface area contributed by atoms with Gasteiger partial charge in [0.25, 0.3) is 5.91 Å². The van der Waals surface area contributed by atoms with Crippen LogP contribution in [0.3, 0.4) is 0 Å². The summed E-state index contributed by atoms with van der Waals surface area (Å²) in [6, 6.07) is 8.19. The standard InChI is InChI=1S/C17H21N3OS.BrH/c1-3-19-8-10-20(11-9-19)17-18-16(21)15(22-17)12-14-6-4-13(2)5-7-14;/h4-7,12H,3,8-11H2,1-2H3;1H/b15-12-;. The van der Waals surface area contributed by atoms with Crippen molar-refractivity contribution in [2.75, 3.05) is 32.7 Å². The number of halogens is 1. The van der Waals surface area contributed by atoms with Crippen LogP contribution < -0.4 is 0 Å². The Morgan fingerprint density at radius 3 is 2.43 bits per heavy atom. The van der Waals surface area contributed by atoms with Crippen molar-refractivity contribution in [2.24, 2.45) is 4.99 Å². The van der Waals surface area contributed by atoms with Gasteiger partial charge >= 0.3 is 0 Å². The summed E-state index contributed by atoms with van der Waals surface area (Å²) in [5.41, 5.74) is 2.27. The van der Waals surface area contributed by atoms with Crippen LogP contribution in [0.2, 0.25) is 0 Å². The zero-order chi connectivity index (χ0) is 15.5. The molecule has 2 heterocycles. The van der Waals surface area contributed by atoms with E-state index < -0.39 is 0 Å². The van der Waals surface area contributed by atoms with Crippen molar-refractivity contribution in [3.8, 4) is 0 Å². The van der Waals surface area contributed by atoms with Crippen LogP contribution >= 0.6 is 28.7 Å². The second kappa shape index (κ2) is 8.13. The number of aryl methyl sites for hydroxylation is 1. The molecular weight excluding hydrogens is 374 g/mol. The van der Waals surface area contributed by atoms with Crippen LogP contribution in [-0.2, 0) is 4.79 Å². The maximum atomic E-state index is 12.1. The first kappa shape index (κ1) is 18.2. The zero-order valence-electron chi connectivity index (χ0n) is 13.5. The third-order valence-electron chi connectivity index (χ3n) is 4.07. The average Bonchev–Trinajstić information content (AvgIpc) is 2.91. The first-order chi connectivity index (χ1) is 10.7. The van der Waals surface area contributed by atoms with E-state index in [1.54, 1.807) is 0 Å². The van der Waals surface area contributed by atoms with Gasteiger partial charge in [-0.3, -0.25) is 4.79 Å². The molecule has 2 aliphatic rings. The van der Waals surface area contributed by atoms with Gasteiger partial charge in [-0.1, -0.05) is 36.8 Å². The molecule has 0 saturated carbocycles. The van der Waals surface area contributed by atoms with Gasteiger partial charge in [-0.05, 0) is 36.9 Å². The van der Waals surface area contributed by atoms with E-state index in [2.05, 4.69) is 40.8 Å². The topological polar surface area (TPSA) is 35.9 Å². The van der Waals surface area contributed by atoms with Crippen molar-refractivity contribution in [3.63, 3.8) is 0 Å². The quantitative estimate of drug-likeness (QED) is 0.720. The summed E-state index contributed by atoms with van der Waals surface area (Å²) in [7, 11) is 0. The summed E-state index contributed by atoms with van der Waals surface area (Å²) >= 11 is 1.50. The highest BCUT2D eigenvalue weighted by atomic mass is 79.9. The summed E-state index contributed by atoms with van der Waals surface area (Å²) in [6.45, 7) is 9.32. The minimum absolute atomic E-state index is 0. The van der Waals surface area contributed by atoms with Crippen LogP contribution in [0.1, 0.15) is 18.1 Å². The number of nitrogens with zero attached hydrogens (tertiary/aromatic N) is 3. The van der Waals surface area contributed by atoms with Gasteiger partial charge in [-0.15, -0.1) is 17.0 Å². The van der Waals surface area contributed by atoms with Crippen LogP contribution in [0, 0.1) is 6.92 Å². The molecule has 0 N–H and O–H groups in total. The first-order valence-electron chi connectivity index (χ1n) is 7.72. The fourth-order valence-corrected chi connectivity index (χ4v) is 3.57. The largest absolute Gasteiger partial charge is 0.348 e. The highest BCUT2D eigenvalue weighted by Crippen LogP contribution is 2.30. The predicted octanol–water partition coefficient (Wildman–Crippen LogP) is 3.18. The summed E-state index contributed by atoms with van der Waals surface area (Å²) in [5.74, 6) is -0.113. The number of benzene rings is 1. The maximum absolute atomic E-state index is 12.1. The monoisotopic (exact) mass is 395 g/mol. The van der Waals surface area contributed by atoms with Gasteiger partial charge < -0.3 is 9.80 Å². The highest BCUT2D eigenvalue weighted by molar-refractivity contribution is 8.93. The lowest BCUT2D eigenvalue weighted by Crippen LogP contribution is -2.47. The van der Waals surface area contributed by atoms with Crippen molar-refractivity contribution in [1.82, 2.24) is 9.80 Å². The summed E-state index contributed by atoms with van der Waals surface area (Å²) in [6.07, 6.45) is 1.94. The molecule has 4 nitrogen and oxygen atoms in total. The molecule has 0 bridgehead atoms. The molecule has 0 spiro atoms. The molecule has 0 atom stereocenters. The number of thioether (sulfide) groups is 1. The van der Waals surface area contributed by atoms with Crippen molar-refractivity contribution in [1.29, 1.82) is 0 Å². The van der Waals surface area contributed by atoms with Crippen LogP contribution in [0.15, 0.2) is 34.2 Å². The van der Waals surface area contributed by atoms with E-state index in [0.717, 1.165) is 48.4 Å². The second-order valence-corrected chi connectivity index (χ2v) is 6.65. The Balaban J connectivity index is 0.00000192. The summed E-state index contributed by atoms with van der Waals surface area (Å²) < 4.78 is 0. The van der Waals surface area contributed by atoms with Gasteiger partial charge in [0.1, 0.15) is 0 Å². The number of piperazine rings is 1. The molecule has 1 aromatic rings. The summed E-state index contributed by atoms with van der Waals surface area (Å²) in [4.78, 5) is 21.7. The molecule has 6 heteroatoms. The fourth-order valence-electron chi connectivity index (χ4n) is 2.60. The lowest BCUT2D eigenvalue weighted by molar-refractivity contribution is -0.113. The van der Waals surface area contributed by atoms with Gasteiger partial charge in [0.15, 0.2) is 5.17 Å². The van der Waals surface area contributed by atoms with Gasteiger partial charge in [-0.2, -0.15) is 4.99 Å². The molecule has 0 aromatic heterocycles. The Bertz CT molecular complexity index is 619. The predicted molar refractivity (Wildman–Crippen MR) is 103 cm³/mol. The molecule has 124 valence electrons. The Labute approximate surface area is 152 Å². The van der Waals surface area contributed by atoms with E-state index in [4.69, 9.17) is 0 Å². The Hall–Kier alpha value is -1.11. The molecule has 0 unspecified atom stereocenters. The van der Waals surface area contributed by atoms with Crippen LogP contribution in [0.25, 0.3) is 6.08 Å². The summed E-state index contributed by atoms with van der Waals surface area (Å²) in [5, 5.41) is 0.860. The maximum Gasteiger partial charge on any atom is 0.286 e. The number of amides is 1. The van der Waals surface area contributed by atoms with Crippen molar-refractivity contribution < 1.29 is 4.79 Å². The van der Waals surface area contributed by atoms with Crippen molar-refractivity contribution >= 4 is 45.9 Å². The molecule has 1 amide bonds. The van der Waals surface area contributed by atoms with E-state index in [-0.39, 0.29) is 22.9 Å². The van der Waals surface area contributed by atoms with Gasteiger partial charge in [0, 0.05) is 26.2 Å². The van der Waals surface area contributed by atoms with Gasteiger partial charge in [-0.25, -0.2) is 0 Å². The van der Waals surface area contributed by atoms with Gasteiger partial charge in [0.2, 0.25) is 0 Å². The third kappa shape index (κ3) is 4.46. The van der Waals surface area contributed by atoms with E-state index in [9.17, 15) is 4.79 Å². The Morgan fingerprint density at radius 1 is 1.17 bits per heavy atom. The zero-order valence-corrected chi connectivity index (χ0v) is 16.0. The number of rotatable bonds is 2. The minimum Gasteiger partial charge on any atom is -0.348 e. The molecule has 1 fully saturated rings. The molecule has 0 radical (unpaired) electrons. The third-order valence-corrected chi connectivity index (χ3v) is 5.12. The lowest BCUT2D eigenvalue weighted by Gasteiger charge is -2.34. The molecule has 23 heavy (non-hydrogen) atoms. The van der Waals surface area contributed by atoms with Crippen molar-refractivity contribution in [2.45, 2.75) is 13.8 Å².